The summed E-state index contributed by atoms with van der Waals surface area (Å²) >= 11 is 1.81. The van der Waals surface area contributed by atoms with Crippen molar-refractivity contribution in [1.82, 2.24) is 14.9 Å². The van der Waals surface area contributed by atoms with Crippen LogP contribution in [0, 0.1) is 5.92 Å². The smallest absolute Gasteiger partial charge is 0.352 e. The number of benzene rings is 1. The summed E-state index contributed by atoms with van der Waals surface area (Å²) in [6.07, 6.45) is 1.10. The zero-order valence-electron chi connectivity index (χ0n) is 19.6. The van der Waals surface area contributed by atoms with Gasteiger partial charge in [0.1, 0.15) is 16.5 Å². The Labute approximate surface area is 206 Å². The van der Waals surface area contributed by atoms with Crippen LogP contribution in [0.5, 0.6) is 0 Å². The average Bonchev–Trinajstić information content (AvgIpc) is 3.63. The van der Waals surface area contributed by atoms with Crippen LogP contribution in [0.4, 0.5) is 19.0 Å². The highest BCUT2D eigenvalue weighted by atomic mass is 32.1. The Morgan fingerprint density at radius 2 is 1.86 bits per heavy atom. The summed E-state index contributed by atoms with van der Waals surface area (Å²) in [5.41, 5.74) is 0.673. The molecular weight excluding hydrogens is 473 g/mol. The highest BCUT2D eigenvalue weighted by Gasteiger charge is 2.34. The Bertz CT molecular complexity index is 1290. The van der Waals surface area contributed by atoms with Crippen molar-refractivity contribution in [3.05, 3.63) is 51.7 Å². The molecule has 1 saturated carbocycles. The van der Waals surface area contributed by atoms with Gasteiger partial charge >= 0.3 is 6.18 Å². The fraction of sp³-hybridized carbons (Fsp3) is 0.500. The molecule has 2 aromatic heterocycles. The van der Waals surface area contributed by atoms with Crippen molar-refractivity contribution in [3.8, 4) is 0 Å². The van der Waals surface area contributed by atoms with Gasteiger partial charge < -0.3 is 9.80 Å². The third kappa shape index (κ3) is 4.28. The highest BCUT2D eigenvalue weighted by Crippen LogP contribution is 2.45. The third-order valence-electron chi connectivity index (χ3n) is 7.40. The zero-order chi connectivity index (χ0) is 24.3. The topological polar surface area (TPSA) is 49.3 Å². The van der Waals surface area contributed by atoms with Gasteiger partial charge in [0, 0.05) is 42.5 Å². The van der Waals surface area contributed by atoms with E-state index in [1.165, 1.54) is 34.4 Å². The fourth-order valence-electron chi connectivity index (χ4n) is 5.22. The minimum Gasteiger partial charge on any atom is -0.352 e. The van der Waals surface area contributed by atoms with Crippen molar-refractivity contribution in [2.24, 2.45) is 5.92 Å². The van der Waals surface area contributed by atoms with Gasteiger partial charge in [-0.05, 0) is 61.8 Å². The lowest BCUT2D eigenvalue weighted by Gasteiger charge is -2.36. The third-order valence-corrected chi connectivity index (χ3v) is 8.55. The number of aromatic nitrogens is 2. The second kappa shape index (κ2) is 8.47. The van der Waals surface area contributed by atoms with Gasteiger partial charge in [-0.25, -0.2) is 9.97 Å². The second-order valence-corrected chi connectivity index (χ2v) is 11.2. The standard InChI is InChI=1S/C26H27F3N4OS/c1-15-5-8-19-20(13-15)35-24-21(19)23(30-22(31-24)16-6-7-16)32-9-11-33(12-10-32)25(34)17-3-2-4-18(14-17)26(27,28)29/h2-4,14-16H,5-13H2,1H3/t15-/m1/s1. The molecule has 2 fully saturated rings. The number of nitrogens with zero attached hydrogens (tertiary/aromatic N) is 4. The highest BCUT2D eigenvalue weighted by molar-refractivity contribution is 7.19. The number of carbonyl (C=O) groups is 1. The number of piperazine rings is 1. The van der Waals surface area contributed by atoms with Gasteiger partial charge in [-0.3, -0.25) is 4.79 Å². The molecule has 1 aliphatic heterocycles. The van der Waals surface area contributed by atoms with Gasteiger partial charge in [0.2, 0.25) is 0 Å². The van der Waals surface area contributed by atoms with Crippen molar-refractivity contribution >= 4 is 33.3 Å². The molecule has 0 spiro atoms. The number of aryl methyl sites for hydroxylation is 1. The van der Waals surface area contributed by atoms with Gasteiger partial charge in [0.05, 0.1) is 10.9 Å². The van der Waals surface area contributed by atoms with Gasteiger partial charge in [0.25, 0.3) is 5.91 Å². The SMILES string of the molecule is C[C@@H]1CCc2c(sc3nc(C4CC4)nc(N4CCN(C(=O)c5cccc(C(F)(F)F)c5)CC4)c23)C1. The van der Waals surface area contributed by atoms with Crippen molar-refractivity contribution < 1.29 is 18.0 Å². The van der Waals surface area contributed by atoms with Crippen molar-refractivity contribution in [2.45, 2.75) is 51.1 Å². The fourth-order valence-corrected chi connectivity index (χ4v) is 6.61. The first-order chi connectivity index (χ1) is 16.8. The average molecular weight is 501 g/mol. The predicted octanol–water partition coefficient (Wildman–Crippen LogP) is 5.67. The molecule has 5 nitrogen and oxygen atoms in total. The molecule has 0 N–H and O–H groups in total. The minimum atomic E-state index is -4.47. The Hall–Kier alpha value is -2.68. The number of hydrogen-bond donors (Lipinski definition) is 0. The molecule has 0 bridgehead atoms. The first-order valence-corrected chi connectivity index (χ1v) is 13.1. The number of halogens is 3. The molecule has 3 heterocycles. The lowest BCUT2D eigenvalue weighted by Crippen LogP contribution is -2.49. The summed E-state index contributed by atoms with van der Waals surface area (Å²) in [7, 11) is 0. The number of hydrogen-bond acceptors (Lipinski definition) is 5. The van der Waals surface area contributed by atoms with E-state index in [1.54, 1.807) is 4.90 Å². The normalized spacial score (nSPS) is 20.9. The van der Waals surface area contributed by atoms with Crippen LogP contribution in [-0.4, -0.2) is 47.0 Å². The van der Waals surface area contributed by atoms with Gasteiger partial charge in [-0.2, -0.15) is 13.2 Å². The molecule has 184 valence electrons. The zero-order valence-corrected chi connectivity index (χ0v) is 20.4. The number of rotatable bonds is 3. The Balaban J connectivity index is 1.26. The molecule has 0 radical (unpaired) electrons. The van der Waals surface area contributed by atoms with Crippen LogP contribution in [0.15, 0.2) is 24.3 Å². The van der Waals surface area contributed by atoms with Gasteiger partial charge in [-0.15, -0.1) is 11.3 Å². The van der Waals surface area contributed by atoms with E-state index in [9.17, 15) is 18.0 Å². The van der Waals surface area contributed by atoms with Gasteiger partial charge in [-0.1, -0.05) is 13.0 Å². The number of alkyl halides is 3. The number of fused-ring (bicyclic) bond motifs is 3. The summed E-state index contributed by atoms with van der Waals surface area (Å²) in [6.45, 7) is 4.39. The molecule has 3 aliphatic rings. The monoisotopic (exact) mass is 500 g/mol. The summed E-state index contributed by atoms with van der Waals surface area (Å²) in [5.74, 6) is 2.68. The minimum absolute atomic E-state index is 0.0785. The molecule has 1 amide bonds. The number of anilines is 1. The molecule has 1 atom stereocenters. The summed E-state index contributed by atoms with van der Waals surface area (Å²) in [6, 6.07) is 4.69. The largest absolute Gasteiger partial charge is 0.416 e. The van der Waals surface area contributed by atoms with Crippen LogP contribution in [0.2, 0.25) is 0 Å². The molecule has 2 aliphatic carbocycles. The molecule has 3 aromatic rings. The van der Waals surface area contributed by atoms with E-state index < -0.39 is 11.7 Å². The van der Waals surface area contributed by atoms with Gasteiger partial charge in [0.15, 0.2) is 0 Å². The van der Waals surface area contributed by atoms with Crippen LogP contribution in [0.1, 0.15) is 64.3 Å². The first kappa shape index (κ1) is 22.8. The predicted molar refractivity (Wildman–Crippen MR) is 130 cm³/mol. The van der Waals surface area contributed by atoms with E-state index in [0.717, 1.165) is 54.3 Å². The molecule has 1 saturated heterocycles. The number of thiophene rings is 1. The molecule has 9 heteroatoms. The maximum atomic E-state index is 13.1. The van der Waals surface area contributed by atoms with E-state index in [0.29, 0.717) is 38.0 Å². The van der Waals surface area contributed by atoms with E-state index in [1.807, 2.05) is 11.3 Å². The number of carbonyl (C=O) groups excluding carboxylic acids is 1. The van der Waals surface area contributed by atoms with Crippen molar-refractivity contribution in [2.75, 3.05) is 31.1 Å². The van der Waals surface area contributed by atoms with Crippen molar-refractivity contribution in [1.29, 1.82) is 0 Å². The maximum Gasteiger partial charge on any atom is 0.416 e. The van der Waals surface area contributed by atoms with E-state index >= 15 is 0 Å². The maximum absolute atomic E-state index is 13.1. The summed E-state index contributed by atoms with van der Waals surface area (Å²) in [4.78, 5) is 29.4. The van der Waals surface area contributed by atoms with Crippen LogP contribution in [0.3, 0.4) is 0 Å². The Morgan fingerprint density at radius 3 is 2.57 bits per heavy atom. The van der Waals surface area contributed by atoms with Crippen LogP contribution < -0.4 is 4.90 Å². The van der Waals surface area contributed by atoms with E-state index in [4.69, 9.17) is 9.97 Å². The molecule has 35 heavy (non-hydrogen) atoms. The molecule has 1 aromatic carbocycles. The second-order valence-electron chi connectivity index (χ2n) is 10.1. The summed E-state index contributed by atoms with van der Waals surface area (Å²) < 4.78 is 39.3. The lowest BCUT2D eigenvalue weighted by atomic mass is 9.89. The lowest BCUT2D eigenvalue weighted by molar-refractivity contribution is -0.137. The van der Waals surface area contributed by atoms with Crippen LogP contribution in [0.25, 0.3) is 10.2 Å². The molecule has 6 rings (SSSR count). The van der Waals surface area contributed by atoms with Crippen LogP contribution >= 0.6 is 11.3 Å². The van der Waals surface area contributed by atoms with E-state index in [-0.39, 0.29) is 11.5 Å². The first-order valence-electron chi connectivity index (χ1n) is 12.3. The molecular formula is C26H27F3N4OS. The van der Waals surface area contributed by atoms with Crippen molar-refractivity contribution in [3.63, 3.8) is 0 Å². The summed E-state index contributed by atoms with van der Waals surface area (Å²) in [5, 5.41) is 1.18. The Morgan fingerprint density at radius 1 is 1.09 bits per heavy atom. The molecule has 0 unspecified atom stereocenters. The van der Waals surface area contributed by atoms with E-state index in [2.05, 4.69) is 11.8 Å². The number of amides is 1. The quantitative estimate of drug-likeness (QED) is 0.465. The Kier molecular flexibility index (Phi) is 5.51. The van der Waals surface area contributed by atoms with Crippen LogP contribution in [-0.2, 0) is 19.0 Å².